The molecule has 6 nitrogen and oxygen atoms in total. The maximum atomic E-state index is 6.49. The highest BCUT2D eigenvalue weighted by Gasteiger charge is 2.35. The summed E-state index contributed by atoms with van der Waals surface area (Å²) >= 11 is 0. The summed E-state index contributed by atoms with van der Waals surface area (Å²) in [5, 5.41) is 4.32. The molecule has 0 N–H and O–H groups in total. The van der Waals surface area contributed by atoms with Crippen LogP contribution < -0.4 is 0 Å². The molecule has 0 unspecified atom stereocenters. The average molecular weight is 682 g/mol. The quantitative estimate of drug-likeness (QED) is 0.185. The van der Waals surface area contributed by atoms with Crippen LogP contribution >= 0.6 is 0 Å². The number of fused-ring (bicyclic) bond motifs is 9. The third-order valence-corrected chi connectivity index (χ3v) is 10.9. The molecule has 250 valence electrons. The van der Waals surface area contributed by atoms with Gasteiger partial charge in [0.05, 0.1) is 11.2 Å². The lowest BCUT2D eigenvalue weighted by Gasteiger charge is -2.21. The second-order valence-electron chi connectivity index (χ2n) is 14.3. The molecule has 0 bridgehead atoms. The Morgan fingerprint density at radius 2 is 1.19 bits per heavy atom. The molecule has 0 saturated heterocycles. The van der Waals surface area contributed by atoms with Gasteiger partial charge in [0.1, 0.15) is 16.8 Å². The Labute approximate surface area is 305 Å². The van der Waals surface area contributed by atoms with Crippen LogP contribution in [-0.4, -0.2) is 24.5 Å². The molecule has 0 spiro atoms. The third-order valence-electron chi connectivity index (χ3n) is 10.9. The summed E-state index contributed by atoms with van der Waals surface area (Å²) in [4.78, 5) is 20.0. The van der Waals surface area contributed by atoms with Crippen LogP contribution in [0.2, 0.25) is 0 Å². The fourth-order valence-electron chi connectivity index (χ4n) is 8.31. The zero-order valence-corrected chi connectivity index (χ0v) is 29.1. The zero-order chi connectivity index (χ0) is 35.3. The molecule has 1 aliphatic rings. The average Bonchev–Trinajstić information content (AvgIpc) is 3.82. The Hall–Kier alpha value is -6.92. The second kappa shape index (κ2) is 11.0. The number of pyridine rings is 1. The number of para-hydroxylation sites is 1. The summed E-state index contributed by atoms with van der Waals surface area (Å²) in [7, 11) is 0. The van der Waals surface area contributed by atoms with Crippen LogP contribution in [-0.2, 0) is 5.41 Å². The van der Waals surface area contributed by atoms with Gasteiger partial charge < -0.3 is 4.42 Å². The molecular weight excluding hydrogens is 651 g/mol. The van der Waals surface area contributed by atoms with Gasteiger partial charge >= 0.3 is 0 Å². The Bertz CT molecular complexity index is 3050. The van der Waals surface area contributed by atoms with Gasteiger partial charge in [0.15, 0.2) is 17.5 Å². The van der Waals surface area contributed by atoms with Gasteiger partial charge in [-0.2, -0.15) is 0 Å². The lowest BCUT2D eigenvalue weighted by Crippen LogP contribution is -2.14. The molecule has 1 aliphatic carbocycles. The maximum Gasteiger partial charge on any atom is 0.164 e. The molecule has 11 rings (SSSR count). The van der Waals surface area contributed by atoms with Gasteiger partial charge in [0.2, 0.25) is 0 Å². The number of furan rings is 1. The largest absolute Gasteiger partial charge is 0.456 e. The molecule has 0 fully saturated rings. The standard InChI is InChI=1S/C47H31N5O/c1-47(2)38-16-8-6-13-32(38)36-25-29(18-22-39(36)47)44-49-43(28-11-4-3-5-12-28)50-45(51-44)30-19-23-41-37(26-30)34-21-20-31(27-42(34)53-41)52-40-17-9-7-14-33(40)35-15-10-24-48-46(35)52/h3-27H,1-2H3. The highest BCUT2D eigenvalue weighted by Crippen LogP contribution is 2.49. The van der Waals surface area contributed by atoms with Gasteiger partial charge in [-0.1, -0.05) is 98.8 Å². The summed E-state index contributed by atoms with van der Waals surface area (Å²) in [5.41, 5.74) is 12.5. The van der Waals surface area contributed by atoms with Gasteiger partial charge in [-0.05, 0) is 76.9 Å². The first-order valence-corrected chi connectivity index (χ1v) is 17.9. The van der Waals surface area contributed by atoms with Crippen molar-refractivity contribution in [3.63, 3.8) is 0 Å². The predicted molar refractivity (Wildman–Crippen MR) is 213 cm³/mol. The topological polar surface area (TPSA) is 69.6 Å². The highest BCUT2D eigenvalue weighted by molar-refractivity contribution is 6.09. The first kappa shape index (κ1) is 29.8. The van der Waals surface area contributed by atoms with Crippen molar-refractivity contribution in [2.24, 2.45) is 0 Å². The number of nitrogens with zero attached hydrogens (tertiary/aromatic N) is 5. The fraction of sp³-hybridized carbons (Fsp3) is 0.0638. The Kier molecular flexibility index (Phi) is 6.20. The van der Waals surface area contributed by atoms with E-state index in [4.69, 9.17) is 24.4 Å². The fourth-order valence-corrected chi connectivity index (χ4v) is 8.31. The zero-order valence-electron chi connectivity index (χ0n) is 29.1. The smallest absolute Gasteiger partial charge is 0.164 e. The SMILES string of the molecule is CC1(C)c2ccccc2-c2cc(-c3nc(-c4ccccc4)nc(-c4ccc5oc6cc(-n7c8ccccc8c8cccnc87)ccc6c5c4)n3)ccc21. The highest BCUT2D eigenvalue weighted by atomic mass is 16.3. The molecule has 10 aromatic rings. The molecule has 0 saturated carbocycles. The molecule has 0 aliphatic heterocycles. The van der Waals surface area contributed by atoms with E-state index in [1.54, 1.807) is 0 Å². The van der Waals surface area contributed by atoms with Crippen molar-refractivity contribution >= 4 is 43.9 Å². The Morgan fingerprint density at radius 1 is 0.491 bits per heavy atom. The first-order valence-electron chi connectivity index (χ1n) is 17.9. The van der Waals surface area contributed by atoms with Crippen molar-refractivity contribution in [2.45, 2.75) is 19.3 Å². The van der Waals surface area contributed by atoms with Crippen LogP contribution in [0.15, 0.2) is 156 Å². The van der Waals surface area contributed by atoms with Crippen molar-refractivity contribution in [2.75, 3.05) is 0 Å². The lowest BCUT2D eigenvalue weighted by molar-refractivity contribution is 0.660. The minimum Gasteiger partial charge on any atom is -0.456 e. The number of benzene rings is 6. The molecule has 4 aromatic heterocycles. The molecular formula is C47H31N5O. The van der Waals surface area contributed by atoms with E-state index in [2.05, 4.69) is 115 Å². The molecule has 0 atom stereocenters. The van der Waals surface area contributed by atoms with Crippen LogP contribution in [0.4, 0.5) is 0 Å². The monoisotopic (exact) mass is 681 g/mol. The van der Waals surface area contributed by atoms with Crippen LogP contribution in [0.3, 0.4) is 0 Å². The summed E-state index contributed by atoms with van der Waals surface area (Å²) in [6.45, 7) is 4.59. The van der Waals surface area contributed by atoms with Gasteiger partial charge in [-0.25, -0.2) is 19.9 Å². The molecule has 6 heteroatoms. The van der Waals surface area contributed by atoms with E-state index in [1.807, 2.05) is 54.7 Å². The van der Waals surface area contributed by atoms with Gasteiger partial charge in [-0.15, -0.1) is 0 Å². The number of aromatic nitrogens is 5. The molecule has 53 heavy (non-hydrogen) atoms. The van der Waals surface area contributed by atoms with E-state index in [1.165, 1.54) is 27.6 Å². The van der Waals surface area contributed by atoms with Crippen molar-refractivity contribution in [1.29, 1.82) is 0 Å². The Morgan fingerprint density at radius 3 is 2.06 bits per heavy atom. The number of hydrogen-bond donors (Lipinski definition) is 0. The van der Waals surface area contributed by atoms with E-state index >= 15 is 0 Å². The van der Waals surface area contributed by atoms with Crippen molar-refractivity contribution in [3.05, 3.63) is 163 Å². The molecule has 0 radical (unpaired) electrons. The minimum absolute atomic E-state index is 0.0756. The molecule has 0 amide bonds. The normalized spacial score (nSPS) is 13.2. The van der Waals surface area contributed by atoms with Crippen LogP contribution in [0, 0.1) is 0 Å². The molecule has 4 heterocycles. The van der Waals surface area contributed by atoms with Crippen molar-refractivity contribution < 1.29 is 4.42 Å². The first-order chi connectivity index (χ1) is 26.0. The molecule has 6 aromatic carbocycles. The van der Waals surface area contributed by atoms with E-state index in [0.717, 1.165) is 60.9 Å². The van der Waals surface area contributed by atoms with Gasteiger partial charge in [0, 0.05) is 55.9 Å². The van der Waals surface area contributed by atoms with E-state index in [9.17, 15) is 0 Å². The van der Waals surface area contributed by atoms with E-state index in [0.29, 0.717) is 17.5 Å². The van der Waals surface area contributed by atoms with Crippen molar-refractivity contribution in [1.82, 2.24) is 24.5 Å². The minimum atomic E-state index is -0.0756. The van der Waals surface area contributed by atoms with Gasteiger partial charge in [0.25, 0.3) is 0 Å². The van der Waals surface area contributed by atoms with Crippen LogP contribution in [0.5, 0.6) is 0 Å². The van der Waals surface area contributed by atoms with Crippen LogP contribution in [0.1, 0.15) is 25.0 Å². The summed E-state index contributed by atoms with van der Waals surface area (Å²) in [5.74, 6) is 1.88. The van der Waals surface area contributed by atoms with E-state index < -0.39 is 0 Å². The van der Waals surface area contributed by atoms with Crippen LogP contribution in [0.25, 0.3) is 94.9 Å². The number of hydrogen-bond acceptors (Lipinski definition) is 5. The lowest BCUT2D eigenvalue weighted by atomic mass is 9.82. The number of rotatable bonds is 4. The third kappa shape index (κ3) is 4.45. The second-order valence-corrected chi connectivity index (χ2v) is 14.3. The predicted octanol–water partition coefficient (Wildman–Crippen LogP) is 11.6. The van der Waals surface area contributed by atoms with E-state index in [-0.39, 0.29) is 5.41 Å². The van der Waals surface area contributed by atoms with Crippen molar-refractivity contribution in [3.8, 4) is 51.0 Å². The maximum absolute atomic E-state index is 6.49. The summed E-state index contributed by atoms with van der Waals surface area (Å²) < 4.78 is 8.70. The summed E-state index contributed by atoms with van der Waals surface area (Å²) in [6, 6.07) is 50.6. The van der Waals surface area contributed by atoms with Gasteiger partial charge in [-0.3, -0.25) is 4.57 Å². The Balaban J connectivity index is 1.05. The summed E-state index contributed by atoms with van der Waals surface area (Å²) in [6.07, 6.45) is 1.85.